The summed E-state index contributed by atoms with van der Waals surface area (Å²) in [6, 6.07) is 14.7. The molecule has 3 heterocycles. The molecule has 1 aromatic heterocycles. The summed E-state index contributed by atoms with van der Waals surface area (Å²) in [7, 11) is -1.67. The van der Waals surface area contributed by atoms with Crippen LogP contribution in [0.5, 0.6) is 0 Å². The van der Waals surface area contributed by atoms with Crippen LogP contribution in [0.15, 0.2) is 53.4 Å². The van der Waals surface area contributed by atoms with Gasteiger partial charge in [0, 0.05) is 37.3 Å². The summed E-state index contributed by atoms with van der Waals surface area (Å²) in [4.78, 5) is 17.4. The van der Waals surface area contributed by atoms with E-state index in [9.17, 15) is 13.2 Å². The first-order chi connectivity index (χ1) is 16.9. The number of nitrogens with zero attached hydrogens (tertiary/aromatic N) is 4. The van der Waals surface area contributed by atoms with E-state index in [0.29, 0.717) is 56.2 Å². The Balaban J connectivity index is 1.61. The van der Waals surface area contributed by atoms with Crippen molar-refractivity contribution in [1.82, 2.24) is 19.6 Å². The minimum absolute atomic E-state index is 0.0935. The number of carbonyl (C=O) groups excluding carboxylic acids is 1. The maximum atomic E-state index is 13.5. The number of fused-ring (bicyclic) bond motifs is 3. The van der Waals surface area contributed by atoms with Crippen LogP contribution in [0.25, 0.3) is 16.9 Å². The van der Waals surface area contributed by atoms with Crippen molar-refractivity contribution >= 4 is 15.7 Å². The average Bonchev–Trinajstić information content (AvgIpc) is 3.23. The monoisotopic (exact) mass is 496 g/mol. The molecule has 35 heavy (non-hydrogen) atoms. The van der Waals surface area contributed by atoms with Gasteiger partial charge in [0.05, 0.1) is 41.9 Å². The molecule has 2 aliphatic heterocycles. The molecule has 0 atom stereocenters. The molecule has 0 aliphatic carbocycles. The Morgan fingerprint density at radius 3 is 2.54 bits per heavy atom. The van der Waals surface area contributed by atoms with Crippen LogP contribution in [0.4, 0.5) is 0 Å². The number of rotatable bonds is 6. The molecule has 9 nitrogen and oxygen atoms in total. The first-order valence-electron chi connectivity index (χ1n) is 11.6. The number of sulfone groups is 1. The molecule has 1 N–H and O–H groups in total. The lowest BCUT2D eigenvalue weighted by Crippen LogP contribution is -2.41. The van der Waals surface area contributed by atoms with Gasteiger partial charge in [-0.25, -0.2) is 13.1 Å². The van der Waals surface area contributed by atoms with Crippen LogP contribution in [0.3, 0.4) is 0 Å². The van der Waals surface area contributed by atoms with Crippen molar-refractivity contribution in [3.05, 3.63) is 65.4 Å². The Bertz CT molecular complexity index is 1340. The van der Waals surface area contributed by atoms with Gasteiger partial charge in [0.25, 0.3) is 5.91 Å². The number of hydrogen-bond donors (Lipinski definition) is 1. The number of hydrogen-bond acceptors (Lipinski definition) is 7. The molecule has 0 bridgehead atoms. The molecule has 1 amide bonds. The van der Waals surface area contributed by atoms with Crippen LogP contribution >= 0.6 is 0 Å². The summed E-state index contributed by atoms with van der Waals surface area (Å²) in [5.74, 6) is -0.547. The molecule has 2 aliphatic rings. The summed E-state index contributed by atoms with van der Waals surface area (Å²) in [6.07, 6.45) is 0. The summed E-state index contributed by atoms with van der Waals surface area (Å²) in [5.41, 5.74) is 3.60. The highest BCUT2D eigenvalue weighted by Crippen LogP contribution is 2.40. The number of carbonyl (C=O) groups is 1. The fourth-order valence-corrected chi connectivity index (χ4v) is 6.24. The third-order valence-corrected chi connectivity index (χ3v) is 8.11. The second kappa shape index (κ2) is 9.54. The Hall–Kier alpha value is -3.05. The van der Waals surface area contributed by atoms with E-state index in [1.54, 1.807) is 33.8 Å². The van der Waals surface area contributed by atoms with E-state index < -0.39 is 9.84 Å². The molecule has 184 valence electrons. The van der Waals surface area contributed by atoms with Crippen LogP contribution in [-0.2, 0) is 26.9 Å². The highest BCUT2D eigenvalue weighted by molar-refractivity contribution is 7.90. The van der Waals surface area contributed by atoms with Crippen molar-refractivity contribution < 1.29 is 23.1 Å². The van der Waals surface area contributed by atoms with Gasteiger partial charge in [-0.15, -0.1) is 0 Å². The minimum atomic E-state index is -3.61. The molecule has 2 aromatic carbocycles. The summed E-state index contributed by atoms with van der Waals surface area (Å²) in [5, 5.41) is 13.8. The minimum Gasteiger partial charge on any atom is -0.395 e. The van der Waals surface area contributed by atoms with E-state index in [2.05, 4.69) is 0 Å². The van der Waals surface area contributed by atoms with Crippen molar-refractivity contribution in [2.75, 3.05) is 46.5 Å². The van der Waals surface area contributed by atoms with Gasteiger partial charge < -0.3 is 14.7 Å². The first-order valence-corrected chi connectivity index (χ1v) is 13.2. The number of ether oxygens (including phenoxy) is 1. The normalized spacial score (nSPS) is 16.7. The molecule has 1 saturated heterocycles. The molecule has 0 spiro atoms. The second-order valence-corrected chi connectivity index (χ2v) is 10.8. The summed E-state index contributed by atoms with van der Waals surface area (Å²) in [6.45, 7) is 3.13. The Morgan fingerprint density at radius 1 is 1.11 bits per heavy atom. The average molecular weight is 497 g/mol. The number of benzene rings is 2. The van der Waals surface area contributed by atoms with Gasteiger partial charge in [0.15, 0.2) is 15.5 Å². The van der Waals surface area contributed by atoms with Crippen LogP contribution in [0, 0.1) is 0 Å². The Kier molecular flexibility index (Phi) is 6.45. The number of likely N-dealkylation sites (N-methyl/N-ethyl adjacent to an activating group) is 1. The predicted molar refractivity (Wildman–Crippen MR) is 130 cm³/mol. The van der Waals surface area contributed by atoms with Gasteiger partial charge in [-0.2, -0.15) is 5.10 Å². The van der Waals surface area contributed by atoms with Crippen LogP contribution in [-0.4, -0.2) is 85.5 Å². The van der Waals surface area contributed by atoms with Crippen LogP contribution < -0.4 is 0 Å². The molecule has 3 aromatic rings. The Labute approximate surface area is 204 Å². The molecule has 0 unspecified atom stereocenters. The molecule has 5 rings (SSSR count). The quantitative estimate of drug-likeness (QED) is 0.554. The number of aliphatic hydroxyl groups is 1. The molecule has 1 fully saturated rings. The predicted octanol–water partition coefficient (Wildman–Crippen LogP) is 1.72. The molecule has 10 heteroatoms. The van der Waals surface area contributed by atoms with Crippen LogP contribution in [0.1, 0.15) is 21.6 Å². The van der Waals surface area contributed by atoms with Gasteiger partial charge in [-0.3, -0.25) is 9.69 Å². The van der Waals surface area contributed by atoms with E-state index in [-0.39, 0.29) is 28.9 Å². The number of aliphatic hydroxyl groups excluding tert-OH is 1. The van der Waals surface area contributed by atoms with Gasteiger partial charge in [-0.05, 0) is 30.8 Å². The maximum absolute atomic E-state index is 13.5. The zero-order valence-electron chi connectivity index (χ0n) is 19.6. The van der Waals surface area contributed by atoms with Crippen LogP contribution in [0.2, 0.25) is 0 Å². The zero-order chi connectivity index (χ0) is 24.6. The smallest absolute Gasteiger partial charge is 0.274 e. The van der Waals surface area contributed by atoms with Crippen molar-refractivity contribution in [1.29, 1.82) is 0 Å². The van der Waals surface area contributed by atoms with Crippen molar-refractivity contribution in [3.63, 3.8) is 0 Å². The number of amides is 1. The third-order valence-electron chi connectivity index (χ3n) is 6.41. The van der Waals surface area contributed by atoms with Crippen molar-refractivity contribution in [2.45, 2.75) is 17.2 Å². The highest BCUT2D eigenvalue weighted by Gasteiger charge is 2.37. The molecular formula is C25H28N4O5S. The summed E-state index contributed by atoms with van der Waals surface area (Å²) >= 11 is 0. The lowest BCUT2D eigenvalue weighted by molar-refractivity contribution is 0.0298. The standard InChI is InChI=1S/C25H28N4O5S/c1-27(10-13-30)16-18-6-8-19(9-7-18)29-24-20-4-2-3-5-22(20)35(32,33)17-21(24)23(26-29)25(31)28-11-14-34-15-12-28/h2-9,30H,10-17H2,1H3. The highest BCUT2D eigenvalue weighted by atomic mass is 32.2. The van der Waals surface area contributed by atoms with Crippen molar-refractivity contribution in [2.24, 2.45) is 0 Å². The van der Waals surface area contributed by atoms with E-state index in [0.717, 1.165) is 11.3 Å². The van der Waals surface area contributed by atoms with Gasteiger partial charge in [-0.1, -0.05) is 30.3 Å². The molecule has 0 radical (unpaired) electrons. The fraction of sp³-hybridized carbons (Fsp3) is 0.360. The lowest BCUT2D eigenvalue weighted by Gasteiger charge is -2.26. The number of aromatic nitrogens is 2. The number of morpholine rings is 1. The van der Waals surface area contributed by atoms with Gasteiger partial charge in [0.2, 0.25) is 0 Å². The molecule has 0 saturated carbocycles. The van der Waals surface area contributed by atoms with Gasteiger partial charge in [0.1, 0.15) is 0 Å². The summed E-state index contributed by atoms with van der Waals surface area (Å²) < 4.78 is 33.3. The Morgan fingerprint density at radius 2 is 1.83 bits per heavy atom. The SMILES string of the molecule is CN(CCO)Cc1ccc(-n2nc(C(=O)N3CCOCC3)c3c2-c2ccccc2S(=O)(=O)C3)cc1. The van der Waals surface area contributed by atoms with E-state index in [1.807, 2.05) is 36.2 Å². The van der Waals surface area contributed by atoms with Crippen molar-refractivity contribution in [3.8, 4) is 16.9 Å². The van der Waals surface area contributed by atoms with Gasteiger partial charge >= 0.3 is 0 Å². The first kappa shape index (κ1) is 23.7. The topological polar surface area (TPSA) is 105 Å². The second-order valence-electron chi connectivity index (χ2n) is 8.88. The maximum Gasteiger partial charge on any atom is 0.274 e. The lowest BCUT2D eigenvalue weighted by atomic mass is 10.0. The zero-order valence-corrected chi connectivity index (χ0v) is 20.4. The largest absolute Gasteiger partial charge is 0.395 e. The van der Waals surface area contributed by atoms with E-state index >= 15 is 0 Å². The van der Waals surface area contributed by atoms with E-state index in [1.165, 1.54) is 0 Å². The fourth-order valence-electron chi connectivity index (χ4n) is 4.64. The third kappa shape index (κ3) is 4.50. The molecular weight excluding hydrogens is 468 g/mol. The van der Waals surface area contributed by atoms with E-state index in [4.69, 9.17) is 14.9 Å².